The number of carbonyl (C=O) groups is 1. The van der Waals surface area contributed by atoms with E-state index in [9.17, 15) is 4.79 Å². The van der Waals surface area contributed by atoms with Crippen molar-refractivity contribution in [3.05, 3.63) is 64.7 Å². The average molecular weight is 367 g/mol. The summed E-state index contributed by atoms with van der Waals surface area (Å²) in [5.41, 5.74) is 1.70. The molecule has 1 amide bonds. The summed E-state index contributed by atoms with van der Waals surface area (Å²) in [7, 11) is 0. The number of rotatable bonds is 4. The Labute approximate surface area is 153 Å². The Bertz CT molecular complexity index is 671. The van der Waals surface area contributed by atoms with Crippen LogP contribution in [0.2, 0.25) is 5.02 Å². The van der Waals surface area contributed by atoms with Gasteiger partial charge in [-0.2, -0.15) is 0 Å². The second-order valence-corrected chi connectivity index (χ2v) is 5.92. The molecule has 0 aromatic heterocycles. The van der Waals surface area contributed by atoms with Crippen LogP contribution in [0.1, 0.15) is 15.9 Å². The summed E-state index contributed by atoms with van der Waals surface area (Å²) in [5, 5.41) is 3.95. The van der Waals surface area contributed by atoms with Crippen molar-refractivity contribution in [2.75, 3.05) is 26.2 Å². The van der Waals surface area contributed by atoms with Crippen LogP contribution in [0.5, 0.6) is 5.75 Å². The predicted octanol–water partition coefficient (Wildman–Crippen LogP) is 3.39. The summed E-state index contributed by atoms with van der Waals surface area (Å²) < 4.78 is 5.78. The minimum Gasteiger partial charge on any atom is -0.489 e. The van der Waals surface area contributed by atoms with Gasteiger partial charge in [-0.15, -0.1) is 12.4 Å². The highest BCUT2D eigenvalue weighted by Crippen LogP contribution is 2.18. The molecule has 0 bridgehead atoms. The van der Waals surface area contributed by atoms with Gasteiger partial charge in [-0.25, -0.2) is 0 Å². The van der Waals surface area contributed by atoms with Gasteiger partial charge < -0.3 is 15.0 Å². The number of halogens is 2. The van der Waals surface area contributed by atoms with Gasteiger partial charge in [0.2, 0.25) is 0 Å². The van der Waals surface area contributed by atoms with E-state index in [1.165, 1.54) is 0 Å². The molecule has 0 spiro atoms. The third kappa shape index (κ3) is 4.87. The molecule has 2 aromatic rings. The molecule has 1 heterocycles. The Morgan fingerprint density at radius 2 is 1.83 bits per heavy atom. The zero-order chi connectivity index (χ0) is 16.1. The fourth-order valence-electron chi connectivity index (χ4n) is 2.52. The quantitative estimate of drug-likeness (QED) is 0.901. The van der Waals surface area contributed by atoms with Gasteiger partial charge in [0, 0.05) is 36.8 Å². The molecule has 1 N–H and O–H groups in total. The van der Waals surface area contributed by atoms with Gasteiger partial charge in [0.25, 0.3) is 5.91 Å². The lowest BCUT2D eigenvalue weighted by atomic mass is 10.1. The van der Waals surface area contributed by atoms with Gasteiger partial charge in [0.05, 0.1) is 0 Å². The first-order valence-electron chi connectivity index (χ1n) is 7.70. The summed E-state index contributed by atoms with van der Waals surface area (Å²) in [6.07, 6.45) is 0. The Kier molecular flexibility index (Phi) is 6.91. The minimum absolute atomic E-state index is 0. The first-order chi connectivity index (χ1) is 11.2. The Balaban J connectivity index is 0.00000208. The summed E-state index contributed by atoms with van der Waals surface area (Å²) in [6.45, 7) is 3.63. The molecule has 0 radical (unpaired) electrons. The van der Waals surface area contributed by atoms with Crippen molar-refractivity contribution in [2.24, 2.45) is 0 Å². The normalized spacial score (nSPS) is 14.0. The van der Waals surface area contributed by atoms with Crippen LogP contribution in [0.3, 0.4) is 0 Å². The number of nitrogens with one attached hydrogen (secondary N) is 1. The largest absolute Gasteiger partial charge is 0.489 e. The molecule has 0 atom stereocenters. The first-order valence-corrected chi connectivity index (χ1v) is 8.07. The van der Waals surface area contributed by atoms with Crippen molar-refractivity contribution >= 4 is 29.9 Å². The maximum absolute atomic E-state index is 12.5. The number of ether oxygens (including phenoxy) is 1. The zero-order valence-electron chi connectivity index (χ0n) is 13.2. The molecule has 6 heteroatoms. The highest BCUT2D eigenvalue weighted by molar-refractivity contribution is 6.30. The number of benzene rings is 2. The van der Waals surface area contributed by atoms with Gasteiger partial charge >= 0.3 is 0 Å². The van der Waals surface area contributed by atoms with Crippen LogP contribution in [-0.4, -0.2) is 37.0 Å². The van der Waals surface area contributed by atoms with E-state index in [4.69, 9.17) is 16.3 Å². The molecule has 1 aliphatic rings. The van der Waals surface area contributed by atoms with Crippen LogP contribution in [0.4, 0.5) is 0 Å². The van der Waals surface area contributed by atoms with Crippen LogP contribution < -0.4 is 10.1 Å². The lowest BCUT2D eigenvalue weighted by Gasteiger charge is -2.27. The molecule has 1 fully saturated rings. The highest BCUT2D eigenvalue weighted by atomic mass is 35.5. The van der Waals surface area contributed by atoms with E-state index in [2.05, 4.69) is 5.32 Å². The van der Waals surface area contributed by atoms with Crippen LogP contribution in [-0.2, 0) is 6.61 Å². The number of hydrogen-bond acceptors (Lipinski definition) is 3. The van der Waals surface area contributed by atoms with Crippen LogP contribution in [0, 0.1) is 0 Å². The standard InChI is InChI=1S/C18H19ClN2O2.ClH/c19-16-6-4-14(5-7-16)13-23-17-3-1-2-15(12-17)18(22)21-10-8-20-9-11-21;/h1-7,12,20H,8-11,13H2;1H. The molecule has 24 heavy (non-hydrogen) atoms. The topological polar surface area (TPSA) is 41.6 Å². The maximum atomic E-state index is 12.5. The smallest absolute Gasteiger partial charge is 0.254 e. The third-order valence-corrected chi connectivity index (χ3v) is 4.06. The molecular weight excluding hydrogens is 347 g/mol. The number of amides is 1. The van der Waals surface area contributed by atoms with Gasteiger partial charge in [-0.05, 0) is 35.9 Å². The van der Waals surface area contributed by atoms with Gasteiger partial charge in [-0.3, -0.25) is 4.79 Å². The van der Waals surface area contributed by atoms with Crippen LogP contribution >= 0.6 is 24.0 Å². The van der Waals surface area contributed by atoms with Gasteiger partial charge in [-0.1, -0.05) is 29.8 Å². The number of piperazine rings is 1. The first kappa shape index (κ1) is 18.6. The lowest BCUT2D eigenvalue weighted by Crippen LogP contribution is -2.46. The van der Waals surface area contributed by atoms with E-state index in [1.54, 1.807) is 6.07 Å². The van der Waals surface area contributed by atoms with Crippen molar-refractivity contribution < 1.29 is 9.53 Å². The van der Waals surface area contributed by atoms with Crippen LogP contribution in [0.25, 0.3) is 0 Å². The second-order valence-electron chi connectivity index (χ2n) is 5.49. The maximum Gasteiger partial charge on any atom is 0.254 e. The molecule has 0 saturated carbocycles. The molecule has 1 aliphatic heterocycles. The van der Waals surface area contributed by atoms with Crippen molar-refractivity contribution in [2.45, 2.75) is 6.61 Å². The average Bonchev–Trinajstić information content (AvgIpc) is 2.61. The summed E-state index contributed by atoms with van der Waals surface area (Å²) in [4.78, 5) is 14.4. The molecule has 0 aliphatic carbocycles. The molecular formula is C18H20Cl2N2O2. The van der Waals surface area contributed by atoms with Crippen molar-refractivity contribution in [1.29, 1.82) is 0 Å². The molecule has 128 valence electrons. The monoisotopic (exact) mass is 366 g/mol. The van der Waals surface area contributed by atoms with E-state index in [0.717, 1.165) is 31.7 Å². The van der Waals surface area contributed by atoms with E-state index in [1.807, 2.05) is 47.4 Å². The van der Waals surface area contributed by atoms with E-state index < -0.39 is 0 Å². The van der Waals surface area contributed by atoms with E-state index >= 15 is 0 Å². The Hall–Kier alpha value is -1.75. The summed E-state index contributed by atoms with van der Waals surface area (Å²) in [6, 6.07) is 14.9. The Morgan fingerprint density at radius 1 is 1.12 bits per heavy atom. The summed E-state index contributed by atoms with van der Waals surface area (Å²) in [5.74, 6) is 0.754. The van der Waals surface area contributed by atoms with Crippen molar-refractivity contribution in [3.8, 4) is 5.75 Å². The second kappa shape index (κ2) is 8.92. The molecule has 3 rings (SSSR count). The molecule has 2 aromatic carbocycles. The Morgan fingerprint density at radius 3 is 2.54 bits per heavy atom. The number of hydrogen-bond donors (Lipinski definition) is 1. The van der Waals surface area contributed by atoms with Crippen LogP contribution in [0.15, 0.2) is 48.5 Å². The summed E-state index contributed by atoms with van der Waals surface area (Å²) >= 11 is 5.87. The third-order valence-electron chi connectivity index (χ3n) is 3.80. The number of carbonyl (C=O) groups excluding carboxylic acids is 1. The van der Waals surface area contributed by atoms with Gasteiger partial charge in [0.15, 0.2) is 0 Å². The number of nitrogens with zero attached hydrogens (tertiary/aromatic N) is 1. The fourth-order valence-corrected chi connectivity index (χ4v) is 2.64. The van der Waals surface area contributed by atoms with E-state index in [-0.39, 0.29) is 18.3 Å². The van der Waals surface area contributed by atoms with Gasteiger partial charge in [0.1, 0.15) is 12.4 Å². The molecule has 1 saturated heterocycles. The fraction of sp³-hybridized carbons (Fsp3) is 0.278. The van der Waals surface area contributed by atoms with Crippen molar-refractivity contribution in [1.82, 2.24) is 10.2 Å². The zero-order valence-corrected chi connectivity index (χ0v) is 14.8. The van der Waals surface area contributed by atoms with Crippen molar-refractivity contribution in [3.63, 3.8) is 0 Å². The SMILES string of the molecule is Cl.O=C(c1cccc(OCc2ccc(Cl)cc2)c1)N1CCNCC1. The minimum atomic E-state index is 0. The molecule has 0 unspecified atom stereocenters. The highest BCUT2D eigenvalue weighted by Gasteiger charge is 2.18. The predicted molar refractivity (Wildman–Crippen MR) is 98.2 cm³/mol. The molecule has 4 nitrogen and oxygen atoms in total. The van der Waals surface area contributed by atoms with E-state index in [0.29, 0.717) is 22.9 Å². The lowest BCUT2D eigenvalue weighted by molar-refractivity contribution is 0.0735.